The van der Waals surface area contributed by atoms with Crippen LogP contribution in [0.5, 0.6) is 0 Å². The Labute approximate surface area is 242 Å². The lowest BCUT2D eigenvalue weighted by atomic mass is 9.68. The van der Waals surface area contributed by atoms with Gasteiger partial charge in [-0.05, 0) is 68.1 Å². The molecule has 0 N–H and O–H groups in total. The molecular formula is C33H50O6Si. The van der Waals surface area contributed by atoms with E-state index in [1.165, 1.54) is 0 Å². The van der Waals surface area contributed by atoms with E-state index in [1.54, 1.807) is 0 Å². The molecule has 2 aliphatic heterocycles. The van der Waals surface area contributed by atoms with Crippen LogP contribution in [0.4, 0.5) is 0 Å². The van der Waals surface area contributed by atoms with Crippen LogP contribution in [0.3, 0.4) is 0 Å². The van der Waals surface area contributed by atoms with Gasteiger partial charge in [0.25, 0.3) is 0 Å². The average molecular weight is 571 g/mol. The average Bonchev–Trinajstić information content (AvgIpc) is 3.46. The molecule has 6 atom stereocenters. The number of carbonyl (C=O) groups excluding carboxylic acids is 1. The number of Topliss-reactive ketones (excluding diaryl/α,β-unsaturated/α-hetero) is 1. The highest BCUT2D eigenvalue weighted by molar-refractivity contribution is 6.74. The number of hydrogen-bond acceptors (Lipinski definition) is 6. The van der Waals surface area contributed by atoms with Gasteiger partial charge in [0.05, 0.1) is 18.1 Å². The summed E-state index contributed by atoms with van der Waals surface area (Å²) in [5.41, 5.74) is -0.440. The van der Waals surface area contributed by atoms with Gasteiger partial charge < -0.3 is 23.4 Å². The first-order chi connectivity index (χ1) is 18.5. The Balaban J connectivity index is 1.51. The summed E-state index contributed by atoms with van der Waals surface area (Å²) in [6.45, 7) is 20.6. The Morgan fingerprint density at radius 3 is 2.35 bits per heavy atom. The lowest BCUT2D eigenvalue weighted by Crippen LogP contribution is -2.51. The topological polar surface area (TPSA) is 63.2 Å². The Bertz CT molecular complexity index is 1120. The van der Waals surface area contributed by atoms with Crippen LogP contribution in [0.1, 0.15) is 79.7 Å². The zero-order chi connectivity index (χ0) is 29.2. The van der Waals surface area contributed by atoms with Gasteiger partial charge in [0.15, 0.2) is 20.4 Å². The minimum absolute atomic E-state index is 0.0900. The van der Waals surface area contributed by atoms with E-state index >= 15 is 0 Å². The maximum Gasteiger partial charge on any atom is 0.191 e. The molecule has 2 heterocycles. The van der Waals surface area contributed by atoms with Crippen molar-refractivity contribution in [2.45, 2.75) is 129 Å². The summed E-state index contributed by atoms with van der Waals surface area (Å²) in [6, 6.07) is 10.2. The molecule has 2 saturated heterocycles. The first-order valence-corrected chi connectivity index (χ1v) is 18.0. The summed E-state index contributed by atoms with van der Waals surface area (Å²) in [5.74, 6) is -0.0237. The van der Waals surface area contributed by atoms with Crippen molar-refractivity contribution in [1.29, 1.82) is 0 Å². The number of carbonyl (C=O) groups is 1. The fraction of sp³-hybridized carbons (Fsp3) is 0.727. The third-order valence-electron chi connectivity index (χ3n) is 10.9. The van der Waals surface area contributed by atoms with Crippen molar-refractivity contribution < 1.29 is 28.2 Å². The lowest BCUT2D eigenvalue weighted by molar-refractivity contribution is -0.231. The van der Waals surface area contributed by atoms with Crippen LogP contribution < -0.4 is 0 Å². The Morgan fingerprint density at radius 1 is 1.05 bits per heavy atom. The largest absolute Gasteiger partial charge is 0.417 e. The van der Waals surface area contributed by atoms with Crippen molar-refractivity contribution >= 4 is 14.1 Å². The molecule has 1 aromatic carbocycles. The number of benzene rings is 1. The third-order valence-corrected chi connectivity index (χ3v) is 15.4. The van der Waals surface area contributed by atoms with Crippen molar-refractivity contribution in [1.82, 2.24) is 0 Å². The molecule has 222 valence electrons. The second-order valence-corrected chi connectivity index (χ2v) is 19.8. The summed E-state index contributed by atoms with van der Waals surface area (Å²) in [6.07, 6.45) is 6.20. The Morgan fingerprint density at radius 2 is 1.75 bits per heavy atom. The van der Waals surface area contributed by atoms with Crippen LogP contribution in [-0.2, 0) is 34.8 Å². The summed E-state index contributed by atoms with van der Waals surface area (Å²) in [7, 11) is -1.95. The van der Waals surface area contributed by atoms with Crippen LogP contribution in [0.15, 0.2) is 42.5 Å². The van der Waals surface area contributed by atoms with Gasteiger partial charge >= 0.3 is 0 Å². The van der Waals surface area contributed by atoms with Crippen LogP contribution in [0.25, 0.3) is 0 Å². The quantitative estimate of drug-likeness (QED) is 0.231. The monoisotopic (exact) mass is 570 g/mol. The fourth-order valence-corrected chi connectivity index (χ4v) is 8.16. The van der Waals surface area contributed by atoms with E-state index in [0.29, 0.717) is 37.8 Å². The lowest BCUT2D eigenvalue weighted by Gasteiger charge is -2.40. The van der Waals surface area contributed by atoms with E-state index in [0.717, 1.165) is 18.4 Å². The molecule has 7 heteroatoms. The molecule has 0 unspecified atom stereocenters. The number of allylic oxidation sites excluding steroid dienone is 1. The molecule has 0 amide bonds. The van der Waals surface area contributed by atoms with E-state index in [2.05, 4.69) is 72.0 Å². The third kappa shape index (κ3) is 4.99. The first-order valence-electron chi connectivity index (χ1n) is 15.1. The molecule has 6 nitrogen and oxygen atoms in total. The highest BCUT2D eigenvalue weighted by Crippen LogP contribution is 2.65. The van der Waals surface area contributed by atoms with E-state index in [4.69, 9.17) is 23.4 Å². The van der Waals surface area contributed by atoms with Crippen molar-refractivity contribution in [3.05, 3.63) is 48.0 Å². The predicted molar refractivity (Wildman–Crippen MR) is 158 cm³/mol. The van der Waals surface area contributed by atoms with Gasteiger partial charge in [-0.3, -0.25) is 4.79 Å². The minimum Gasteiger partial charge on any atom is -0.417 e. The first kappa shape index (κ1) is 30.1. The van der Waals surface area contributed by atoms with Gasteiger partial charge in [-0.25, -0.2) is 0 Å². The number of fused-ring (bicyclic) bond motifs is 3. The highest BCUT2D eigenvalue weighted by atomic mass is 28.4. The van der Waals surface area contributed by atoms with Crippen LogP contribution in [0, 0.1) is 16.7 Å². The molecule has 4 fully saturated rings. The van der Waals surface area contributed by atoms with Gasteiger partial charge in [-0.1, -0.05) is 77.1 Å². The van der Waals surface area contributed by atoms with E-state index in [9.17, 15) is 4.79 Å². The van der Waals surface area contributed by atoms with Gasteiger partial charge in [-0.15, -0.1) is 0 Å². The Hall–Kier alpha value is -1.35. The van der Waals surface area contributed by atoms with Crippen LogP contribution in [-0.4, -0.2) is 50.6 Å². The van der Waals surface area contributed by atoms with Crippen molar-refractivity contribution in [3.63, 3.8) is 0 Å². The predicted octanol–water partition coefficient (Wildman–Crippen LogP) is 7.18. The molecule has 2 saturated carbocycles. The van der Waals surface area contributed by atoms with Crippen LogP contribution in [0.2, 0.25) is 18.1 Å². The summed E-state index contributed by atoms with van der Waals surface area (Å²) >= 11 is 0. The van der Waals surface area contributed by atoms with Crippen molar-refractivity contribution in [2.24, 2.45) is 16.7 Å². The van der Waals surface area contributed by atoms with Crippen molar-refractivity contribution in [3.8, 4) is 0 Å². The summed E-state index contributed by atoms with van der Waals surface area (Å²) in [4.78, 5) is 13.5. The molecule has 0 radical (unpaired) electrons. The zero-order valence-electron chi connectivity index (χ0n) is 26.0. The highest BCUT2D eigenvalue weighted by Gasteiger charge is 2.66. The summed E-state index contributed by atoms with van der Waals surface area (Å²) < 4.78 is 32.9. The SMILES string of the molecule is CC1(C)O[C@H]2O[C@H](CCO[Si](C)(C)C(C)(C)C)[C@@](/C=C/[C@@]34CC[C@@H](CC3=O)C4(C)C)(OCc3ccccc3)[C@H]2O1. The standard InChI is InChI=1S/C33H50O6Si/c1-29(2,3)40(8,9)36-20-16-26-33(35-22-23-13-11-10-12-14-23,27-28(37-26)39-31(6,7)38-27)19-18-32-17-15-24(21-25(32)34)30(32,4)5/h10-14,18-19,24,26-28H,15-17,20-22H2,1-9H3/b19-18+/t24-,26+,27-,28+,32-,33+/m0/s1. The number of ether oxygens (including phenoxy) is 4. The Kier molecular flexibility index (Phi) is 7.63. The zero-order valence-corrected chi connectivity index (χ0v) is 27.0. The van der Waals surface area contributed by atoms with E-state index < -0.39 is 37.5 Å². The molecule has 2 bridgehead atoms. The van der Waals surface area contributed by atoms with Crippen LogP contribution >= 0.6 is 0 Å². The molecule has 5 rings (SSSR count). The van der Waals surface area contributed by atoms with Crippen molar-refractivity contribution in [2.75, 3.05) is 6.61 Å². The number of hydrogen-bond donors (Lipinski definition) is 0. The minimum atomic E-state index is -1.95. The fourth-order valence-electron chi connectivity index (χ4n) is 7.10. The number of ketones is 1. The number of rotatable bonds is 9. The van der Waals surface area contributed by atoms with Gasteiger partial charge in [0.1, 0.15) is 17.5 Å². The normalized spacial score (nSPS) is 36.6. The maximum absolute atomic E-state index is 13.5. The molecule has 0 aromatic heterocycles. The maximum atomic E-state index is 13.5. The molecular weight excluding hydrogens is 520 g/mol. The summed E-state index contributed by atoms with van der Waals surface area (Å²) in [5, 5.41) is 0.115. The molecule has 2 aliphatic carbocycles. The molecule has 4 aliphatic rings. The second kappa shape index (κ2) is 10.1. The van der Waals surface area contributed by atoms with Gasteiger partial charge in [0, 0.05) is 13.0 Å². The smallest absolute Gasteiger partial charge is 0.191 e. The van der Waals surface area contributed by atoms with Gasteiger partial charge in [-0.2, -0.15) is 0 Å². The van der Waals surface area contributed by atoms with Gasteiger partial charge in [0.2, 0.25) is 0 Å². The van der Waals surface area contributed by atoms with E-state index in [1.807, 2.05) is 32.0 Å². The second-order valence-electron chi connectivity index (χ2n) is 15.0. The molecule has 40 heavy (non-hydrogen) atoms. The van der Waals surface area contributed by atoms with E-state index in [-0.39, 0.29) is 16.6 Å². The molecule has 1 aromatic rings. The molecule has 0 spiro atoms.